The Morgan fingerprint density at radius 3 is 2.58 bits per heavy atom. The van der Waals surface area contributed by atoms with Gasteiger partial charge in [0.05, 0.1) is 6.61 Å². The third-order valence-electron chi connectivity index (χ3n) is 5.79. The van der Waals surface area contributed by atoms with Crippen LogP contribution in [0.25, 0.3) is 0 Å². The van der Waals surface area contributed by atoms with E-state index in [1.54, 1.807) is 0 Å². The second-order valence-corrected chi connectivity index (χ2v) is 7.52. The van der Waals surface area contributed by atoms with Crippen molar-refractivity contribution in [3.8, 4) is 5.75 Å². The van der Waals surface area contributed by atoms with Crippen LogP contribution < -0.4 is 4.74 Å². The first-order valence-electron chi connectivity index (χ1n) is 9.46. The van der Waals surface area contributed by atoms with Gasteiger partial charge in [-0.05, 0) is 75.1 Å². The normalized spacial score (nSPS) is 24.0. The molecule has 0 aromatic heterocycles. The summed E-state index contributed by atoms with van der Waals surface area (Å²) in [4.78, 5) is 2.61. The maximum absolute atomic E-state index is 9.96. The molecule has 0 bridgehead atoms. The molecular formula is C21H31NO2. The highest BCUT2D eigenvalue weighted by molar-refractivity contribution is 5.20. The molecule has 1 saturated heterocycles. The monoisotopic (exact) mass is 329 g/mol. The number of benzene rings is 1. The van der Waals surface area contributed by atoms with Gasteiger partial charge in [0.25, 0.3) is 0 Å². The van der Waals surface area contributed by atoms with E-state index in [1.165, 1.54) is 25.8 Å². The van der Waals surface area contributed by atoms with Gasteiger partial charge in [-0.1, -0.05) is 30.4 Å². The van der Waals surface area contributed by atoms with E-state index in [0.29, 0.717) is 6.61 Å². The number of likely N-dealkylation sites (tertiary alicyclic amines) is 1. The van der Waals surface area contributed by atoms with E-state index in [-0.39, 0.29) is 12.0 Å². The molecule has 24 heavy (non-hydrogen) atoms. The number of hydrogen-bond acceptors (Lipinski definition) is 3. The van der Waals surface area contributed by atoms with E-state index in [2.05, 4.69) is 17.1 Å². The van der Waals surface area contributed by atoms with Gasteiger partial charge in [0.1, 0.15) is 5.75 Å². The summed E-state index contributed by atoms with van der Waals surface area (Å²) in [5.41, 5.74) is 0.0533. The third kappa shape index (κ3) is 4.84. The summed E-state index contributed by atoms with van der Waals surface area (Å²) < 4.78 is 5.85. The highest BCUT2D eigenvalue weighted by atomic mass is 16.5. The molecule has 0 radical (unpaired) electrons. The average Bonchev–Trinajstić information content (AvgIpc) is 2.65. The molecule has 3 rings (SSSR count). The first-order valence-corrected chi connectivity index (χ1v) is 9.46. The lowest BCUT2D eigenvalue weighted by atomic mass is 9.76. The van der Waals surface area contributed by atoms with Gasteiger partial charge < -0.3 is 14.7 Å². The van der Waals surface area contributed by atoms with Crippen LogP contribution in [0.1, 0.15) is 38.5 Å². The van der Waals surface area contributed by atoms with Crippen molar-refractivity contribution in [2.24, 2.45) is 11.3 Å². The molecule has 1 unspecified atom stereocenters. The van der Waals surface area contributed by atoms with Crippen molar-refractivity contribution >= 4 is 0 Å². The van der Waals surface area contributed by atoms with Gasteiger partial charge in [0, 0.05) is 13.2 Å². The summed E-state index contributed by atoms with van der Waals surface area (Å²) in [6.07, 6.45) is 11.6. The van der Waals surface area contributed by atoms with Crippen molar-refractivity contribution in [3.05, 3.63) is 42.5 Å². The molecule has 0 amide bonds. The molecule has 3 nitrogen and oxygen atoms in total. The Morgan fingerprint density at radius 2 is 1.92 bits per heavy atom. The van der Waals surface area contributed by atoms with Gasteiger partial charge >= 0.3 is 0 Å². The Kier molecular flexibility index (Phi) is 6.33. The largest absolute Gasteiger partial charge is 0.494 e. The van der Waals surface area contributed by atoms with Crippen LogP contribution in [0.15, 0.2) is 42.5 Å². The zero-order valence-electron chi connectivity index (χ0n) is 14.7. The number of allylic oxidation sites excluding steroid dienone is 2. The Bertz CT molecular complexity index is 506. The Morgan fingerprint density at radius 1 is 1.12 bits per heavy atom. The lowest BCUT2D eigenvalue weighted by Gasteiger charge is -2.42. The van der Waals surface area contributed by atoms with Gasteiger partial charge in [-0.3, -0.25) is 0 Å². The lowest BCUT2D eigenvalue weighted by molar-refractivity contribution is 0.0217. The number of aliphatic hydroxyl groups excluding tert-OH is 1. The molecule has 1 aromatic rings. The van der Waals surface area contributed by atoms with Gasteiger partial charge in [-0.15, -0.1) is 0 Å². The van der Waals surface area contributed by atoms with Crippen LogP contribution in [-0.2, 0) is 0 Å². The molecule has 1 N–H and O–H groups in total. The van der Waals surface area contributed by atoms with Crippen molar-refractivity contribution in [1.82, 2.24) is 4.90 Å². The van der Waals surface area contributed by atoms with E-state index < -0.39 is 0 Å². The van der Waals surface area contributed by atoms with Crippen LogP contribution in [0.3, 0.4) is 0 Å². The fourth-order valence-electron chi connectivity index (χ4n) is 3.99. The zero-order valence-corrected chi connectivity index (χ0v) is 14.7. The number of aliphatic hydroxyl groups is 1. The van der Waals surface area contributed by atoms with Crippen molar-refractivity contribution < 1.29 is 9.84 Å². The fourth-order valence-corrected chi connectivity index (χ4v) is 3.99. The fraction of sp³-hybridized carbons (Fsp3) is 0.619. The van der Waals surface area contributed by atoms with Crippen molar-refractivity contribution in [3.63, 3.8) is 0 Å². The van der Waals surface area contributed by atoms with Crippen molar-refractivity contribution in [2.45, 2.75) is 38.5 Å². The molecule has 0 saturated carbocycles. The molecule has 1 heterocycles. The van der Waals surface area contributed by atoms with Crippen LogP contribution >= 0.6 is 0 Å². The van der Waals surface area contributed by atoms with Gasteiger partial charge in [0.15, 0.2) is 0 Å². The van der Waals surface area contributed by atoms with Crippen molar-refractivity contribution in [2.75, 3.05) is 32.8 Å². The molecule has 1 aliphatic heterocycles. The predicted octanol–water partition coefficient (Wildman–Crippen LogP) is 3.89. The number of hydrogen-bond donors (Lipinski definition) is 1. The zero-order chi connectivity index (χ0) is 16.7. The Balaban J connectivity index is 1.42. The lowest BCUT2D eigenvalue weighted by Crippen LogP contribution is -2.44. The summed E-state index contributed by atoms with van der Waals surface area (Å²) in [7, 11) is 0. The minimum atomic E-state index is 0.0533. The molecule has 1 atom stereocenters. The number of ether oxygens (including phenoxy) is 1. The highest BCUT2D eigenvalue weighted by Gasteiger charge is 2.34. The summed E-state index contributed by atoms with van der Waals surface area (Å²) in [5, 5.41) is 9.96. The SMILES string of the molecule is OCC1(CCOc2ccccc2)CCN(CC2CC=CCC2)CC1. The summed E-state index contributed by atoms with van der Waals surface area (Å²) in [6.45, 7) is 4.44. The standard InChI is InChI=1S/C21H31NO2/c23-18-21(13-16-24-20-9-5-2-6-10-20)11-14-22(15-12-21)17-19-7-3-1-4-8-19/h1-3,5-6,9-10,19,23H,4,7-8,11-18H2. The van der Waals surface area contributed by atoms with Gasteiger partial charge in [-0.2, -0.15) is 0 Å². The minimum absolute atomic E-state index is 0.0533. The second-order valence-electron chi connectivity index (χ2n) is 7.52. The number of piperidine rings is 1. The minimum Gasteiger partial charge on any atom is -0.494 e. The quantitative estimate of drug-likeness (QED) is 0.771. The smallest absolute Gasteiger partial charge is 0.119 e. The first kappa shape index (κ1) is 17.5. The first-order chi connectivity index (χ1) is 11.8. The molecule has 132 valence electrons. The topological polar surface area (TPSA) is 32.7 Å². The van der Waals surface area contributed by atoms with Crippen LogP contribution in [0.5, 0.6) is 5.75 Å². The Labute approximate surface area is 146 Å². The van der Waals surface area contributed by atoms with Crippen LogP contribution in [0.4, 0.5) is 0 Å². The number of para-hydroxylation sites is 1. The predicted molar refractivity (Wildman–Crippen MR) is 98.2 cm³/mol. The van der Waals surface area contributed by atoms with E-state index >= 15 is 0 Å². The molecule has 1 fully saturated rings. The highest BCUT2D eigenvalue weighted by Crippen LogP contribution is 2.35. The third-order valence-corrected chi connectivity index (χ3v) is 5.79. The van der Waals surface area contributed by atoms with Crippen LogP contribution in [0.2, 0.25) is 0 Å². The van der Waals surface area contributed by atoms with Gasteiger partial charge in [-0.25, -0.2) is 0 Å². The summed E-state index contributed by atoms with van der Waals surface area (Å²) in [5.74, 6) is 1.76. The molecule has 1 aromatic carbocycles. The van der Waals surface area contributed by atoms with E-state index in [9.17, 15) is 5.11 Å². The summed E-state index contributed by atoms with van der Waals surface area (Å²) in [6, 6.07) is 9.98. The van der Waals surface area contributed by atoms with Crippen molar-refractivity contribution in [1.29, 1.82) is 0 Å². The molecular weight excluding hydrogens is 298 g/mol. The van der Waals surface area contributed by atoms with Crippen LogP contribution in [-0.4, -0.2) is 42.9 Å². The van der Waals surface area contributed by atoms with Crippen LogP contribution in [0, 0.1) is 11.3 Å². The van der Waals surface area contributed by atoms with E-state index in [0.717, 1.165) is 44.0 Å². The molecule has 1 aliphatic carbocycles. The summed E-state index contributed by atoms with van der Waals surface area (Å²) >= 11 is 0. The molecule has 0 spiro atoms. The second kappa shape index (κ2) is 8.68. The van der Waals surface area contributed by atoms with E-state index in [1.807, 2.05) is 30.3 Å². The number of rotatable bonds is 7. The Hall–Kier alpha value is -1.32. The maximum atomic E-state index is 9.96. The maximum Gasteiger partial charge on any atom is 0.119 e. The van der Waals surface area contributed by atoms with Gasteiger partial charge in [0.2, 0.25) is 0 Å². The number of nitrogens with zero attached hydrogens (tertiary/aromatic N) is 1. The molecule has 2 aliphatic rings. The molecule has 3 heteroatoms. The average molecular weight is 329 g/mol. The van der Waals surface area contributed by atoms with E-state index in [4.69, 9.17) is 4.74 Å².